The molecule has 1 aromatic rings. The SMILES string of the molecule is CN1CCN(C(=O)CC#N)c2ccccc21. The minimum absolute atomic E-state index is 0.0575. The molecule has 1 aromatic carbocycles. The molecule has 4 heteroatoms. The number of rotatable bonds is 1. The van der Waals surface area contributed by atoms with Crippen LogP contribution in [-0.2, 0) is 4.79 Å². The largest absolute Gasteiger partial charge is 0.371 e. The summed E-state index contributed by atoms with van der Waals surface area (Å²) in [5, 5.41) is 8.56. The van der Waals surface area contributed by atoms with Crippen molar-refractivity contribution in [2.24, 2.45) is 0 Å². The fraction of sp³-hybridized carbons (Fsp3) is 0.333. The average Bonchev–Trinajstić information content (AvgIpc) is 2.30. The molecule has 0 saturated carbocycles. The van der Waals surface area contributed by atoms with Gasteiger partial charge in [0.2, 0.25) is 5.91 Å². The molecule has 1 aliphatic heterocycles. The van der Waals surface area contributed by atoms with Gasteiger partial charge in [0.1, 0.15) is 6.42 Å². The molecule has 82 valence electrons. The predicted octanol–water partition coefficient (Wildman–Crippen LogP) is 1.38. The number of hydrogen-bond donors (Lipinski definition) is 0. The van der Waals surface area contributed by atoms with E-state index in [1.54, 1.807) is 4.90 Å². The Morgan fingerprint density at radius 2 is 2.06 bits per heavy atom. The monoisotopic (exact) mass is 215 g/mol. The van der Waals surface area contributed by atoms with Crippen LogP contribution in [0.5, 0.6) is 0 Å². The van der Waals surface area contributed by atoms with E-state index in [1.165, 1.54) is 0 Å². The van der Waals surface area contributed by atoms with Crippen LogP contribution in [-0.4, -0.2) is 26.0 Å². The van der Waals surface area contributed by atoms with Crippen molar-refractivity contribution in [1.82, 2.24) is 0 Å². The van der Waals surface area contributed by atoms with Crippen LogP contribution < -0.4 is 9.80 Å². The third-order valence-electron chi connectivity index (χ3n) is 2.77. The Morgan fingerprint density at radius 1 is 1.38 bits per heavy atom. The van der Waals surface area contributed by atoms with E-state index < -0.39 is 0 Å². The van der Waals surface area contributed by atoms with Gasteiger partial charge in [-0.2, -0.15) is 5.26 Å². The van der Waals surface area contributed by atoms with Crippen LogP contribution >= 0.6 is 0 Å². The number of benzene rings is 1. The van der Waals surface area contributed by atoms with Gasteiger partial charge in [0.25, 0.3) is 0 Å². The summed E-state index contributed by atoms with van der Waals surface area (Å²) < 4.78 is 0. The molecule has 0 aromatic heterocycles. The number of carbonyl (C=O) groups excluding carboxylic acids is 1. The van der Waals surface area contributed by atoms with E-state index >= 15 is 0 Å². The molecule has 16 heavy (non-hydrogen) atoms. The van der Waals surface area contributed by atoms with Gasteiger partial charge in [-0.3, -0.25) is 4.79 Å². The Kier molecular flexibility index (Phi) is 2.78. The van der Waals surface area contributed by atoms with Gasteiger partial charge < -0.3 is 9.80 Å². The van der Waals surface area contributed by atoms with Gasteiger partial charge >= 0.3 is 0 Å². The van der Waals surface area contributed by atoms with Gasteiger partial charge in [0.05, 0.1) is 17.4 Å². The van der Waals surface area contributed by atoms with E-state index in [9.17, 15) is 4.79 Å². The highest BCUT2D eigenvalue weighted by atomic mass is 16.2. The van der Waals surface area contributed by atoms with Crippen molar-refractivity contribution in [2.45, 2.75) is 6.42 Å². The number of likely N-dealkylation sites (N-methyl/N-ethyl adjacent to an activating group) is 1. The highest BCUT2D eigenvalue weighted by molar-refractivity contribution is 5.98. The first-order valence-electron chi connectivity index (χ1n) is 5.21. The molecule has 0 radical (unpaired) electrons. The molecular weight excluding hydrogens is 202 g/mol. The van der Waals surface area contributed by atoms with Gasteiger partial charge in [-0.1, -0.05) is 12.1 Å². The molecule has 1 heterocycles. The topological polar surface area (TPSA) is 47.3 Å². The first kappa shape index (κ1) is 10.5. The zero-order chi connectivity index (χ0) is 11.5. The number of amides is 1. The molecule has 0 spiro atoms. The van der Waals surface area contributed by atoms with E-state index in [1.807, 2.05) is 37.4 Å². The van der Waals surface area contributed by atoms with Gasteiger partial charge in [-0.15, -0.1) is 0 Å². The Bertz CT molecular complexity index is 450. The molecular formula is C12H13N3O. The fourth-order valence-corrected chi connectivity index (χ4v) is 1.93. The van der Waals surface area contributed by atoms with Crippen molar-refractivity contribution in [2.75, 3.05) is 29.9 Å². The normalized spacial score (nSPS) is 14.2. The molecule has 2 rings (SSSR count). The van der Waals surface area contributed by atoms with Crippen molar-refractivity contribution in [1.29, 1.82) is 5.26 Å². The lowest BCUT2D eigenvalue weighted by molar-refractivity contribution is -0.117. The standard InChI is InChI=1S/C12H13N3O/c1-14-8-9-15(12(16)6-7-13)11-5-3-2-4-10(11)14/h2-5H,6,8-9H2,1H3. The minimum Gasteiger partial charge on any atom is -0.371 e. The molecule has 0 N–H and O–H groups in total. The van der Waals surface area contributed by atoms with Crippen molar-refractivity contribution in [3.8, 4) is 6.07 Å². The van der Waals surface area contributed by atoms with Gasteiger partial charge in [0.15, 0.2) is 0 Å². The molecule has 0 bridgehead atoms. The summed E-state index contributed by atoms with van der Waals surface area (Å²) in [6, 6.07) is 9.67. The maximum Gasteiger partial charge on any atom is 0.241 e. The lowest BCUT2D eigenvalue weighted by atomic mass is 10.1. The molecule has 0 atom stereocenters. The van der Waals surface area contributed by atoms with E-state index in [-0.39, 0.29) is 12.3 Å². The zero-order valence-electron chi connectivity index (χ0n) is 9.18. The number of anilines is 2. The first-order valence-corrected chi connectivity index (χ1v) is 5.21. The molecule has 0 fully saturated rings. The number of nitrogens with zero attached hydrogens (tertiary/aromatic N) is 3. The number of carbonyl (C=O) groups is 1. The Balaban J connectivity index is 2.35. The molecule has 1 aliphatic rings. The number of hydrogen-bond acceptors (Lipinski definition) is 3. The summed E-state index contributed by atoms with van der Waals surface area (Å²) in [5.41, 5.74) is 1.94. The zero-order valence-corrected chi connectivity index (χ0v) is 9.18. The summed E-state index contributed by atoms with van der Waals surface area (Å²) in [5.74, 6) is -0.122. The van der Waals surface area contributed by atoms with Gasteiger partial charge in [0, 0.05) is 20.1 Å². The third kappa shape index (κ3) is 1.72. The van der Waals surface area contributed by atoms with Crippen LogP contribution in [0.4, 0.5) is 11.4 Å². The highest BCUT2D eigenvalue weighted by Crippen LogP contribution is 2.31. The quantitative estimate of drug-likeness (QED) is 0.711. The summed E-state index contributed by atoms with van der Waals surface area (Å²) in [6.07, 6.45) is -0.0575. The van der Waals surface area contributed by atoms with Crippen LogP contribution in [0.25, 0.3) is 0 Å². The van der Waals surface area contributed by atoms with Crippen LogP contribution in [0.2, 0.25) is 0 Å². The molecule has 0 aliphatic carbocycles. The summed E-state index contributed by atoms with van der Waals surface area (Å²) in [6.45, 7) is 1.45. The fourth-order valence-electron chi connectivity index (χ4n) is 1.93. The average molecular weight is 215 g/mol. The molecule has 4 nitrogen and oxygen atoms in total. The summed E-state index contributed by atoms with van der Waals surface area (Å²) >= 11 is 0. The second kappa shape index (κ2) is 4.23. The lowest BCUT2D eigenvalue weighted by Gasteiger charge is -2.35. The second-order valence-corrected chi connectivity index (χ2v) is 3.79. The van der Waals surface area contributed by atoms with Crippen molar-refractivity contribution in [3.05, 3.63) is 24.3 Å². The van der Waals surface area contributed by atoms with Gasteiger partial charge in [-0.25, -0.2) is 0 Å². The van der Waals surface area contributed by atoms with Crippen molar-refractivity contribution >= 4 is 17.3 Å². The summed E-state index contributed by atoms with van der Waals surface area (Å²) in [4.78, 5) is 15.6. The predicted molar refractivity (Wildman–Crippen MR) is 62.3 cm³/mol. The second-order valence-electron chi connectivity index (χ2n) is 3.79. The van der Waals surface area contributed by atoms with E-state index in [0.29, 0.717) is 6.54 Å². The lowest BCUT2D eigenvalue weighted by Crippen LogP contribution is -2.42. The number of para-hydroxylation sites is 2. The summed E-state index contributed by atoms with van der Waals surface area (Å²) in [7, 11) is 2.00. The van der Waals surface area contributed by atoms with Crippen LogP contribution in [0.3, 0.4) is 0 Å². The molecule has 0 unspecified atom stereocenters. The Hall–Kier alpha value is -2.02. The highest BCUT2D eigenvalue weighted by Gasteiger charge is 2.24. The number of nitriles is 1. The Morgan fingerprint density at radius 3 is 2.75 bits per heavy atom. The molecule has 1 amide bonds. The van der Waals surface area contributed by atoms with E-state index in [4.69, 9.17) is 5.26 Å². The maximum absolute atomic E-state index is 11.8. The van der Waals surface area contributed by atoms with Crippen molar-refractivity contribution in [3.63, 3.8) is 0 Å². The van der Waals surface area contributed by atoms with Crippen molar-refractivity contribution < 1.29 is 4.79 Å². The Labute approximate surface area is 94.7 Å². The molecule has 0 saturated heterocycles. The number of fused-ring (bicyclic) bond motifs is 1. The van der Waals surface area contributed by atoms with E-state index in [2.05, 4.69) is 4.90 Å². The first-order chi connectivity index (χ1) is 7.74. The van der Waals surface area contributed by atoms with Crippen LogP contribution in [0, 0.1) is 11.3 Å². The minimum atomic E-state index is -0.122. The maximum atomic E-state index is 11.8. The van der Waals surface area contributed by atoms with Crippen LogP contribution in [0.15, 0.2) is 24.3 Å². The van der Waals surface area contributed by atoms with Gasteiger partial charge in [-0.05, 0) is 12.1 Å². The van der Waals surface area contributed by atoms with E-state index in [0.717, 1.165) is 17.9 Å². The van der Waals surface area contributed by atoms with Crippen LogP contribution in [0.1, 0.15) is 6.42 Å². The third-order valence-corrected chi connectivity index (χ3v) is 2.77. The smallest absolute Gasteiger partial charge is 0.241 e.